The maximum absolute atomic E-state index is 6.19. The molecular weight excluding hydrogens is 593 g/mol. The van der Waals surface area contributed by atoms with Crippen molar-refractivity contribution >= 4 is 54.1 Å². The van der Waals surface area contributed by atoms with Crippen LogP contribution in [0.2, 0.25) is 0 Å². The average Bonchev–Trinajstić information content (AvgIpc) is 3.61. The van der Waals surface area contributed by atoms with E-state index in [1.54, 1.807) is 0 Å². The van der Waals surface area contributed by atoms with Crippen molar-refractivity contribution in [2.24, 2.45) is 0 Å². The van der Waals surface area contributed by atoms with Crippen LogP contribution < -0.4 is 0 Å². The molecule has 228 valence electrons. The molecular formula is C48H30O. The van der Waals surface area contributed by atoms with E-state index in [4.69, 9.17) is 4.42 Å². The number of hydrogen-bond acceptors (Lipinski definition) is 1. The second-order valence-electron chi connectivity index (χ2n) is 12.9. The highest BCUT2D eigenvalue weighted by Crippen LogP contribution is 2.45. The van der Waals surface area contributed by atoms with Gasteiger partial charge in [0.15, 0.2) is 0 Å². The van der Waals surface area contributed by atoms with Crippen LogP contribution in [0.3, 0.4) is 0 Å². The van der Waals surface area contributed by atoms with E-state index < -0.39 is 0 Å². The summed E-state index contributed by atoms with van der Waals surface area (Å²) < 4.78 is 6.19. The normalized spacial score (nSPS) is 11.7. The summed E-state index contributed by atoms with van der Waals surface area (Å²) in [5.74, 6) is 0.893. The van der Waals surface area contributed by atoms with Crippen LogP contribution in [-0.4, -0.2) is 0 Å². The first-order chi connectivity index (χ1) is 24.3. The van der Waals surface area contributed by atoms with Crippen molar-refractivity contribution in [1.82, 2.24) is 0 Å². The number of para-hydroxylation sites is 1. The van der Waals surface area contributed by atoms with Crippen LogP contribution in [0.5, 0.6) is 0 Å². The molecule has 9 aromatic carbocycles. The predicted octanol–water partition coefficient (Wildman–Crippen LogP) is 13.7. The van der Waals surface area contributed by atoms with Gasteiger partial charge in [0.25, 0.3) is 0 Å². The van der Waals surface area contributed by atoms with E-state index in [2.05, 4.69) is 164 Å². The number of benzene rings is 9. The third-order valence-electron chi connectivity index (χ3n) is 10.0. The quantitative estimate of drug-likeness (QED) is 0.178. The molecule has 0 saturated carbocycles. The Labute approximate surface area is 284 Å². The highest BCUT2D eigenvalue weighted by atomic mass is 16.3. The fourth-order valence-corrected chi connectivity index (χ4v) is 7.75. The van der Waals surface area contributed by atoms with Gasteiger partial charge < -0.3 is 4.42 Å². The van der Waals surface area contributed by atoms with Gasteiger partial charge in [-0.05, 0) is 107 Å². The molecule has 0 saturated heterocycles. The fourth-order valence-electron chi connectivity index (χ4n) is 7.75. The van der Waals surface area contributed by atoms with Crippen molar-refractivity contribution in [3.63, 3.8) is 0 Å². The molecule has 10 aromatic rings. The van der Waals surface area contributed by atoms with Crippen LogP contribution in [-0.2, 0) is 0 Å². The lowest BCUT2D eigenvalue weighted by Crippen LogP contribution is -1.91. The summed E-state index contributed by atoms with van der Waals surface area (Å²) in [6.45, 7) is 0. The zero-order valence-corrected chi connectivity index (χ0v) is 26.7. The molecule has 0 N–H and O–H groups in total. The monoisotopic (exact) mass is 622 g/mol. The second kappa shape index (κ2) is 11.1. The molecule has 0 spiro atoms. The lowest BCUT2D eigenvalue weighted by Gasteiger charge is -2.18. The third kappa shape index (κ3) is 4.55. The van der Waals surface area contributed by atoms with Crippen LogP contribution >= 0.6 is 0 Å². The maximum atomic E-state index is 6.19. The lowest BCUT2D eigenvalue weighted by atomic mass is 9.85. The lowest BCUT2D eigenvalue weighted by molar-refractivity contribution is 0.631. The second-order valence-corrected chi connectivity index (χ2v) is 12.9. The molecule has 0 radical (unpaired) electrons. The number of furan rings is 1. The molecule has 0 bridgehead atoms. The van der Waals surface area contributed by atoms with E-state index in [-0.39, 0.29) is 0 Å². The Morgan fingerprint density at radius 1 is 0.286 bits per heavy atom. The Kier molecular flexibility index (Phi) is 6.25. The van der Waals surface area contributed by atoms with Gasteiger partial charge in [-0.25, -0.2) is 0 Å². The minimum absolute atomic E-state index is 0.893. The largest absolute Gasteiger partial charge is 0.456 e. The van der Waals surface area contributed by atoms with E-state index in [9.17, 15) is 0 Å². The van der Waals surface area contributed by atoms with Gasteiger partial charge in [-0.1, -0.05) is 152 Å². The molecule has 1 nitrogen and oxygen atoms in total. The Hall–Kier alpha value is -6.44. The first-order valence-corrected chi connectivity index (χ1v) is 16.8. The SMILES string of the molecule is c1cc(-c2cccc3ccccc23)cc(-c2c3ccccc3c(-c3ccc4cc(-c5cc6ccccc6o5)ccc4c3)c3ccccc23)c1. The van der Waals surface area contributed by atoms with E-state index >= 15 is 0 Å². The van der Waals surface area contributed by atoms with Crippen molar-refractivity contribution < 1.29 is 4.42 Å². The molecule has 0 unspecified atom stereocenters. The van der Waals surface area contributed by atoms with Crippen molar-refractivity contribution in [2.75, 3.05) is 0 Å². The van der Waals surface area contributed by atoms with E-state index in [1.807, 2.05) is 18.2 Å². The number of fused-ring (bicyclic) bond motifs is 5. The smallest absolute Gasteiger partial charge is 0.135 e. The van der Waals surface area contributed by atoms with Gasteiger partial charge in [0.05, 0.1) is 0 Å². The molecule has 0 aliphatic rings. The van der Waals surface area contributed by atoms with Gasteiger partial charge in [0.1, 0.15) is 11.3 Å². The Bertz CT molecular complexity index is 2790. The zero-order valence-electron chi connectivity index (χ0n) is 26.7. The van der Waals surface area contributed by atoms with Crippen LogP contribution in [0.25, 0.3) is 98.8 Å². The minimum Gasteiger partial charge on any atom is -0.456 e. The average molecular weight is 623 g/mol. The summed E-state index contributed by atoms with van der Waals surface area (Å²) >= 11 is 0. The molecule has 0 amide bonds. The van der Waals surface area contributed by atoms with Crippen molar-refractivity contribution in [1.29, 1.82) is 0 Å². The summed E-state index contributed by atoms with van der Waals surface area (Å²) in [6.07, 6.45) is 0. The summed E-state index contributed by atoms with van der Waals surface area (Å²) in [5, 5.41) is 11.1. The molecule has 0 fully saturated rings. The van der Waals surface area contributed by atoms with E-state index in [1.165, 1.54) is 76.5 Å². The number of hydrogen-bond donors (Lipinski definition) is 0. The molecule has 10 rings (SSSR count). The van der Waals surface area contributed by atoms with Crippen LogP contribution in [0.15, 0.2) is 186 Å². The standard InChI is InChI=1S/C48H30O/c1-3-16-39-31(11-1)13-10-21-40(39)34-14-9-15-37(29-34)47-41-17-4-6-19-43(41)48(44-20-7-5-18-42(44)47)38-26-24-32-27-36(25-23-33(32)28-38)46-30-35-12-2-8-22-45(35)49-46/h1-30H. The van der Waals surface area contributed by atoms with Crippen LogP contribution in [0, 0.1) is 0 Å². The van der Waals surface area contributed by atoms with Crippen LogP contribution in [0.1, 0.15) is 0 Å². The van der Waals surface area contributed by atoms with Gasteiger partial charge in [-0.3, -0.25) is 0 Å². The van der Waals surface area contributed by atoms with Gasteiger partial charge >= 0.3 is 0 Å². The van der Waals surface area contributed by atoms with E-state index in [0.29, 0.717) is 0 Å². The maximum Gasteiger partial charge on any atom is 0.135 e. The Morgan fingerprint density at radius 3 is 1.49 bits per heavy atom. The van der Waals surface area contributed by atoms with Gasteiger partial charge in [-0.15, -0.1) is 0 Å². The fraction of sp³-hybridized carbons (Fsp3) is 0. The summed E-state index contributed by atoms with van der Waals surface area (Å²) in [5.41, 5.74) is 9.45. The van der Waals surface area contributed by atoms with Crippen molar-refractivity contribution in [3.8, 4) is 44.7 Å². The Morgan fingerprint density at radius 2 is 0.796 bits per heavy atom. The van der Waals surface area contributed by atoms with E-state index in [0.717, 1.165) is 22.3 Å². The zero-order chi connectivity index (χ0) is 32.3. The Balaban J connectivity index is 1.14. The molecule has 0 atom stereocenters. The molecule has 1 heteroatoms. The molecule has 0 aliphatic heterocycles. The predicted molar refractivity (Wildman–Crippen MR) is 208 cm³/mol. The van der Waals surface area contributed by atoms with Gasteiger partial charge in [0, 0.05) is 10.9 Å². The minimum atomic E-state index is 0.893. The highest BCUT2D eigenvalue weighted by Gasteiger charge is 2.18. The molecule has 1 aromatic heterocycles. The highest BCUT2D eigenvalue weighted by molar-refractivity contribution is 6.22. The molecule has 49 heavy (non-hydrogen) atoms. The summed E-state index contributed by atoms with van der Waals surface area (Å²) in [4.78, 5) is 0. The first-order valence-electron chi connectivity index (χ1n) is 16.8. The van der Waals surface area contributed by atoms with Gasteiger partial charge in [-0.2, -0.15) is 0 Å². The van der Waals surface area contributed by atoms with Crippen molar-refractivity contribution in [3.05, 3.63) is 182 Å². The summed E-state index contributed by atoms with van der Waals surface area (Å²) in [7, 11) is 0. The van der Waals surface area contributed by atoms with Gasteiger partial charge in [0.2, 0.25) is 0 Å². The first kappa shape index (κ1) is 27.7. The topological polar surface area (TPSA) is 13.1 Å². The summed E-state index contributed by atoms with van der Waals surface area (Å²) in [6, 6.07) is 65.9. The molecule has 0 aliphatic carbocycles. The van der Waals surface area contributed by atoms with Crippen molar-refractivity contribution in [2.45, 2.75) is 0 Å². The number of rotatable bonds is 4. The third-order valence-corrected chi connectivity index (χ3v) is 10.0. The molecule has 1 heterocycles. The van der Waals surface area contributed by atoms with Crippen LogP contribution in [0.4, 0.5) is 0 Å².